The molecule has 0 saturated carbocycles. The molecule has 88 valence electrons. The minimum atomic E-state index is -4.65. The fraction of sp³-hybridized carbons (Fsp3) is 0.333. The predicted molar refractivity (Wildman–Crippen MR) is 57.2 cm³/mol. The van der Waals surface area contributed by atoms with Gasteiger partial charge in [-0.25, -0.2) is 0 Å². The Morgan fingerprint density at radius 3 is 2.56 bits per heavy atom. The highest BCUT2D eigenvalue weighted by Gasteiger charge is 2.32. The van der Waals surface area contributed by atoms with Crippen LogP contribution in [0.25, 0.3) is 6.08 Å². The van der Waals surface area contributed by atoms with Crippen LogP contribution in [0.3, 0.4) is 0 Å². The molecule has 0 N–H and O–H groups in total. The van der Waals surface area contributed by atoms with Crippen LogP contribution in [0.1, 0.15) is 24.5 Å². The molecule has 0 spiro atoms. The van der Waals surface area contributed by atoms with Crippen molar-refractivity contribution in [2.75, 3.05) is 0 Å². The van der Waals surface area contributed by atoms with Gasteiger partial charge in [0.2, 0.25) is 0 Å². The summed E-state index contributed by atoms with van der Waals surface area (Å²) in [6.07, 6.45) is -1.84. The fourth-order valence-corrected chi connectivity index (χ4v) is 1.39. The van der Waals surface area contributed by atoms with Gasteiger partial charge in [-0.05, 0) is 23.6 Å². The van der Waals surface area contributed by atoms with Gasteiger partial charge in [0, 0.05) is 0 Å². The van der Waals surface area contributed by atoms with E-state index in [1.165, 1.54) is 12.1 Å². The largest absolute Gasteiger partial charge is 0.573 e. The minimum Gasteiger partial charge on any atom is -0.405 e. The third-order valence-electron chi connectivity index (χ3n) is 2.07. The number of hydrogen-bond acceptors (Lipinski definition) is 1. The molecule has 0 aliphatic rings. The van der Waals surface area contributed by atoms with Crippen LogP contribution in [-0.4, -0.2) is 6.36 Å². The number of benzene rings is 1. The lowest BCUT2D eigenvalue weighted by Crippen LogP contribution is -2.18. The molecule has 16 heavy (non-hydrogen) atoms. The zero-order chi connectivity index (χ0) is 12.2. The second kappa shape index (κ2) is 5.05. The summed E-state index contributed by atoms with van der Waals surface area (Å²) in [6, 6.07) is 4.72. The average Bonchev–Trinajstić information content (AvgIpc) is 2.18. The molecule has 0 fully saturated rings. The third-order valence-corrected chi connectivity index (χ3v) is 2.07. The Labute approximate surface area is 92.5 Å². The number of halogens is 3. The highest BCUT2D eigenvalue weighted by Crippen LogP contribution is 2.28. The summed E-state index contributed by atoms with van der Waals surface area (Å²) < 4.78 is 40.4. The first-order valence-corrected chi connectivity index (χ1v) is 4.97. The summed E-state index contributed by atoms with van der Waals surface area (Å²) in [6.45, 7) is 5.41. The van der Waals surface area contributed by atoms with Crippen LogP contribution >= 0.6 is 0 Å². The second-order valence-corrected chi connectivity index (χ2v) is 3.37. The maximum atomic E-state index is 12.1. The van der Waals surface area contributed by atoms with Crippen LogP contribution in [0.15, 0.2) is 24.8 Å². The maximum absolute atomic E-state index is 12.1. The summed E-state index contributed by atoms with van der Waals surface area (Å²) in [5.41, 5.74) is 1.17. The van der Waals surface area contributed by atoms with Crippen LogP contribution in [0, 0.1) is 0 Å². The molecule has 0 bridgehead atoms. The Balaban J connectivity index is 3.04. The van der Waals surface area contributed by atoms with Crippen molar-refractivity contribution in [3.05, 3.63) is 35.9 Å². The van der Waals surface area contributed by atoms with Gasteiger partial charge in [0.1, 0.15) is 5.75 Å². The number of aryl methyl sites for hydroxylation is 1. The lowest BCUT2D eigenvalue weighted by atomic mass is 10.1. The van der Waals surface area contributed by atoms with Gasteiger partial charge in [-0.1, -0.05) is 38.1 Å². The Morgan fingerprint density at radius 1 is 1.38 bits per heavy atom. The van der Waals surface area contributed by atoms with Crippen LogP contribution < -0.4 is 4.74 Å². The first-order valence-electron chi connectivity index (χ1n) is 4.97. The van der Waals surface area contributed by atoms with Gasteiger partial charge >= 0.3 is 6.36 Å². The standard InChI is InChI=1S/C12H13F3O/c1-3-5-10-7-6-9(4-2)8-11(10)16-12(13,14)15/h4,6-8H,2-3,5H2,1H3. The molecule has 0 saturated heterocycles. The van der Waals surface area contributed by atoms with Crippen molar-refractivity contribution in [1.29, 1.82) is 0 Å². The molecule has 0 heterocycles. The van der Waals surface area contributed by atoms with E-state index < -0.39 is 6.36 Å². The predicted octanol–water partition coefficient (Wildman–Crippen LogP) is 4.18. The van der Waals surface area contributed by atoms with E-state index in [2.05, 4.69) is 11.3 Å². The molecular weight excluding hydrogens is 217 g/mol. The monoisotopic (exact) mass is 230 g/mol. The maximum Gasteiger partial charge on any atom is 0.573 e. The highest BCUT2D eigenvalue weighted by atomic mass is 19.4. The molecule has 1 aromatic carbocycles. The van der Waals surface area contributed by atoms with Crippen LogP contribution in [0.4, 0.5) is 13.2 Å². The van der Waals surface area contributed by atoms with Crippen LogP contribution in [0.5, 0.6) is 5.75 Å². The molecule has 0 aromatic heterocycles. The van der Waals surface area contributed by atoms with E-state index in [4.69, 9.17) is 0 Å². The van der Waals surface area contributed by atoms with E-state index in [1.807, 2.05) is 6.92 Å². The summed E-state index contributed by atoms with van der Waals surface area (Å²) in [5, 5.41) is 0. The van der Waals surface area contributed by atoms with Crippen molar-refractivity contribution in [3.63, 3.8) is 0 Å². The van der Waals surface area contributed by atoms with Crippen molar-refractivity contribution in [2.24, 2.45) is 0 Å². The number of rotatable bonds is 4. The SMILES string of the molecule is C=Cc1ccc(CCC)c(OC(F)(F)F)c1. The van der Waals surface area contributed by atoms with Gasteiger partial charge in [0.25, 0.3) is 0 Å². The molecule has 0 radical (unpaired) electrons. The van der Waals surface area contributed by atoms with E-state index in [9.17, 15) is 13.2 Å². The topological polar surface area (TPSA) is 9.23 Å². The van der Waals surface area contributed by atoms with Crippen molar-refractivity contribution < 1.29 is 17.9 Å². The normalized spacial score (nSPS) is 11.2. The third kappa shape index (κ3) is 3.61. The lowest BCUT2D eigenvalue weighted by Gasteiger charge is -2.13. The Morgan fingerprint density at radius 2 is 2.06 bits per heavy atom. The van der Waals surface area contributed by atoms with E-state index in [0.717, 1.165) is 6.42 Å². The van der Waals surface area contributed by atoms with Crippen LogP contribution in [0.2, 0.25) is 0 Å². The van der Waals surface area contributed by atoms with Crippen molar-refractivity contribution in [2.45, 2.75) is 26.1 Å². The Kier molecular flexibility index (Phi) is 3.99. The van der Waals surface area contributed by atoms with Gasteiger partial charge in [-0.3, -0.25) is 0 Å². The van der Waals surface area contributed by atoms with Gasteiger partial charge in [-0.15, -0.1) is 13.2 Å². The fourth-order valence-electron chi connectivity index (χ4n) is 1.39. The van der Waals surface area contributed by atoms with Gasteiger partial charge in [0.15, 0.2) is 0 Å². The molecule has 0 aliphatic carbocycles. The van der Waals surface area contributed by atoms with E-state index in [-0.39, 0.29) is 5.75 Å². The smallest absolute Gasteiger partial charge is 0.405 e. The van der Waals surface area contributed by atoms with E-state index in [1.54, 1.807) is 12.1 Å². The van der Waals surface area contributed by atoms with Gasteiger partial charge in [-0.2, -0.15) is 0 Å². The van der Waals surface area contributed by atoms with E-state index >= 15 is 0 Å². The molecule has 0 aliphatic heterocycles. The van der Waals surface area contributed by atoms with E-state index in [0.29, 0.717) is 17.5 Å². The highest BCUT2D eigenvalue weighted by molar-refractivity contribution is 5.52. The number of ether oxygens (including phenoxy) is 1. The summed E-state index contributed by atoms with van der Waals surface area (Å²) in [7, 11) is 0. The Hall–Kier alpha value is -1.45. The van der Waals surface area contributed by atoms with Gasteiger partial charge in [0.05, 0.1) is 0 Å². The minimum absolute atomic E-state index is 0.133. The molecular formula is C12H13F3O. The molecule has 0 atom stereocenters. The average molecular weight is 230 g/mol. The number of hydrogen-bond donors (Lipinski definition) is 0. The molecule has 1 aromatic rings. The first kappa shape index (κ1) is 12.6. The van der Waals surface area contributed by atoms with Gasteiger partial charge < -0.3 is 4.74 Å². The molecule has 0 unspecified atom stereocenters. The zero-order valence-electron chi connectivity index (χ0n) is 8.97. The summed E-state index contributed by atoms with van der Waals surface area (Å²) >= 11 is 0. The second-order valence-electron chi connectivity index (χ2n) is 3.37. The van der Waals surface area contributed by atoms with Crippen molar-refractivity contribution >= 4 is 6.08 Å². The zero-order valence-corrected chi connectivity index (χ0v) is 8.97. The van der Waals surface area contributed by atoms with Crippen LogP contribution in [-0.2, 0) is 6.42 Å². The van der Waals surface area contributed by atoms with Crippen molar-refractivity contribution in [3.8, 4) is 5.75 Å². The molecule has 1 nitrogen and oxygen atoms in total. The lowest BCUT2D eigenvalue weighted by molar-refractivity contribution is -0.274. The first-order chi connectivity index (χ1) is 7.46. The molecule has 1 rings (SSSR count). The Bertz CT molecular complexity index is 369. The molecule has 4 heteroatoms. The summed E-state index contributed by atoms with van der Waals surface area (Å²) in [4.78, 5) is 0. The summed E-state index contributed by atoms with van der Waals surface area (Å²) in [5.74, 6) is -0.133. The van der Waals surface area contributed by atoms with Crippen molar-refractivity contribution in [1.82, 2.24) is 0 Å². The number of alkyl halides is 3. The molecule has 0 amide bonds. The quantitative estimate of drug-likeness (QED) is 0.753.